The van der Waals surface area contributed by atoms with Crippen molar-refractivity contribution in [2.45, 2.75) is 51.9 Å². The Balaban J connectivity index is 1.96. The van der Waals surface area contributed by atoms with Crippen molar-refractivity contribution in [3.8, 4) is 0 Å². The van der Waals surface area contributed by atoms with Crippen molar-refractivity contribution in [2.75, 3.05) is 0 Å². The zero-order valence-corrected chi connectivity index (χ0v) is 9.54. The van der Waals surface area contributed by atoms with E-state index < -0.39 is 0 Å². The smallest absolute Gasteiger partial charge is 0.0320 e. The van der Waals surface area contributed by atoms with Gasteiger partial charge in [-0.25, -0.2) is 0 Å². The Labute approximate surface area is 88.8 Å². The van der Waals surface area contributed by atoms with Crippen molar-refractivity contribution in [1.29, 1.82) is 0 Å². The third kappa shape index (κ3) is 2.21. The van der Waals surface area contributed by atoms with Crippen molar-refractivity contribution in [2.24, 2.45) is 23.7 Å². The molecule has 2 fully saturated rings. The van der Waals surface area contributed by atoms with Crippen molar-refractivity contribution in [3.05, 3.63) is 12.7 Å². The average Bonchev–Trinajstić information content (AvgIpc) is 2.99. The van der Waals surface area contributed by atoms with Crippen LogP contribution in [0.4, 0.5) is 0 Å². The van der Waals surface area contributed by atoms with E-state index in [1.165, 1.54) is 44.9 Å². The molecule has 0 nitrogen and oxygen atoms in total. The zero-order chi connectivity index (χ0) is 9.97. The molecule has 0 heterocycles. The Kier molecular flexibility index (Phi) is 3.30. The van der Waals surface area contributed by atoms with Gasteiger partial charge >= 0.3 is 0 Å². The molecule has 2 saturated carbocycles. The normalized spacial score (nSPS) is 35.2. The van der Waals surface area contributed by atoms with Crippen LogP contribution < -0.4 is 0 Å². The topological polar surface area (TPSA) is 0 Å². The lowest BCUT2D eigenvalue weighted by atomic mass is 9.70. The lowest BCUT2D eigenvalue weighted by Crippen LogP contribution is -2.26. The second-order valence-electron chi connectivity index (χ2n) is 5.45. The molecule has 0 radical (unpaired) electrons. The maximum Gasteiger partial charge on any atom is -0.0320 e. The van der Waals surface area contributed by atoms with Crippen molar-refractivity contribution in [1.82, 2.24) is 0 Å². The summed E-state index contributed by atoms with van der Waals surface area (Å²) < 4.78 is 0. The van der Waals surface area contributed by atoms with Crippen LogP contribution >= 0.6 is 0 Å². The molecule has 2 aliphatic rings. The monoisotopic (exact) mass is 192 g/mol. The van der Waals surface area contributed by atoms with Crippen LogP contribution in [0.3, 0.4) is 0 Å². The molecule has 0 spiro atoms. The Hall–Kier alpha value is -0.260. The minimum atomic E-state index is 0.981. The van der Waals surface area contributed by atoms with E-state index in [2.05, 4.69) is 19.6 Å². The number of hydrogen-bond donors (Lipinski definition) is 0. The lowest BCUT2D eigenvalue weighted by molar-refractivity contribution is 0.158. The van der Waals surface area contributed by atoms with Gasteiger partial charge in [0.25, 0.3) is 0 Å². The quantitative estimate of drug-likeness (QED) is 0.579. The van der Waals surface area contributed by atoms with E-state index in [9.17, 15) is 0 Å². The minimum absolute atomic E-state index is 0.981. The van der Waals surface area contributed by atoms with E-state index in [1.54, 1.807) is 0 Å². The predicted octanol–water partition coefficient (Wildman–Crippen LogP) is 4.42. The highest BCUT2D eigenvalue weighted by Crippen LogP contribution is 2.48. The molecule has 2 aliphatic carbocycles. The fourth-order valence-corrected chi connectivity index (χ4v) is 3.41. The van der Waals surface area contributed by atoms with Crippen molar-refractivity contribution in [3.63, 3.8) is 0 Å². The maximum absolute atomic E-state index is 3.93. The molecule has 3 atom stereocenters. The standard InChI is InChI=1S/C14H24/c1-3-6-14(12-9-10-12)13-8-5-4-7-11(13)2/h3,11-14H,1,4-10H2,2H3. The van der Waals surface area contributed by atoms with Gasteiger partial charge < -0.3 is 0 Å². The second-order valence-corrected chi connectivity index (χ2v) is 5.45. The van der Waals surface area contributed by atoms with Crippen LogP contribution in [0.5, 0.6) is 0 Å². The third-order valence-electron chi connectivity index (χ3n) is 4.39. The first-order valence-electron chi connectivity index (χ1n) is 6.44. The van der Waals surface area contributed by atoms with Gasteiger partial charge in [0, 0.05) is 0 Å². The van der Waals surface area contributed by atoms with Crippen LogP contribution in [0.25, 0.3) is 0 Å². The summed E-state index contributed by atoms with van der Waals surface area (Å²) in [7, 11) is 0. The Morgan fingerprint density at radius 1 is 1.21 bits per heavy atom. The summed E-state index contributed by atoms with van der Waals surface area (Å²) in [6.07, 6.45) is 12.4. The predicted molar refractivity (Wildman–Crippen MR) is 62.2 cm³/mol. The summed E-state index contributed by atoms with van der Waals surface area (Å²) in [5.41, 5.74) is 0. The van der Waals surface area contributed by atoms with Gasteiger partial charge in [0.05, 0.1) is 0 Å². The molecule has 0 heteroatoms. The molecule has 0 aromatic rings. The van der Waals surface area contributed by atoms with E-state index in [1.807, 2.05) is 0 Å². The molecule has 0 N–H and O–H groups in total. The molecule has 3 unspecified atom stereocenters. The molecular weight excluding hydrogens is 168 g/mol. The van der Waals surface area contributed by atoms with E-state index in [-0.39, 0.29) is 0 Å². The van der Waals surface area contributed by atoms with Crippen LogP contribution in [-0.4, -0.2) is 0 Å². The first kappa shape index (κ1) is 10.3. The van der Waals surface area contributed by atoms with E-state index in [0.29, 0.717) is 0 Å². The molecule has 0 aromatic heterocycles. The number of rotatable bonds is 4. The largest absolute Gasteiger partial charge is 0.103 e. The summed E-state index contributed by atoms with van der Waals surface area (Å²) in [6.45, 7) is 6.41. The first-order valence-corrected chi connectivity index (χ1v) is 6.44. The molecule has 0 saturated heterocycles. The number of hydrogen-bond acceptors (Lipinski definition) is 0. The van der Waals surface area contributed by atoms with E-state index >= 15 is 0 Å². The van der Waals surface area contributed by atoms with Crippen LogP contribution in [0, 0.1) is 23.7 Å². The highest BCUT2D eigenvalue weighted by Gasteiger charge is 2.38. The molecule has 14 heavy (non-hydrogen) atoms. The summed E-state index contributed by atoms with van der Waals surface area (Å²) in [6, 6.07) is 0. The average molecular weight is 192 g/mol. The van der Waals surface area contributed by atoms with Crippen molar-refractivity contribution < 1.29 is 0 Å². The molecule has 0 aromatic carbocycles. The van der Waals surface area contributed by atoms with Gasteiger partial charge in [0.1, 0.15) is 0 Å². The second kappa shape index (κ2) is 4.51. The fourth-order valence-electron chi connectivity index (χ4n) is 3.41. The molecule has 2 rings (SSSR count). The summed E-state index contributed by atoms with van der Waals surface area (Å²) in [5, 5.41) is 0. The van der Waals surface area contributed by atoms with E-state index in [0.717, 1.165) is 23.7 Å². The highest BCUT2D eigenvalue weighted by molar-refractivity contribution is 4.92. The molecular formula is C14H24. The van der Waals surface area contributed by atoms with Crippen LogP contribution in [0.15, 0.2) is 12.7 Å². The highest BCUT2D eigenvalue weighted by atomic mass is 14.4. The summed E-state index contributed by atoms with van der Waals surface area (Å²) >= 11 is 0. The van der Waals surface area contributed by atoms with E-state index in [4.69, 9.17) is 0 Å². The first-order chi connectivity index (χ1) is 6.83. The maximum atomic E-state index is 3.93. The van der Waals surface area contributed by atoms with Gasteiger partial charge in [-0.3, -0.25) is 0 Å². The van der Waals surface area contributed by atoms with Gasteiger partial charge in [0.15, 0.2) is 0 Å². The molecule has 0 amide bonds. The van der Waals surface area contributed by atoms with Gasteiger partial charge in [-0.1, -0.05) is 32.3 Å². The van der Waals surface area contributed by atoms with Crippen LogP contribution in [-0.2, 0) is 0 Å². The lowest BCUT2D eigenvalue weighted by Gasteiger charge is -2.35. The van der Waals surface area contributed by atoms with Gasteiger partial charge in [-0.05, 0) is 49.4 Å². The van der Waals surface area contributed by atoms with Gasteiger partial charge in [-0.2, -0.15) is 0 Å². The molecule has 0 aliphatic heterocycles. The number of allylic oxidation sites excluding steroid dienone is 1. The van der Waals surface area contributed by atoms with Crippen LogP contribution in [0.2, 0.25) is 0 Å². The van der Waals surface area contributed by atoms with Gasteiger partial charge in [0.2, 0.25) is 0 Å². The zero-order valence-electron chi connectivity index (χ0n) is 9.54. The molecule has 0 bridgehead atoms. The SMILES string of the molecule is C=CCC(C1CC1)C1CCCCC1C. The third-order valence-corrected chi connectivity index (χ3v) is 4.39. The Bertz CT molecular complexity index is 190. The summed E-state index contributed by atoms with van der Waals surface area (Å²) in [4.78, 5) is 0. The minimum Gasteiger partial charge on any atom is -0.103 e. The van der Waals surface area contributed by atoms with Crippen LogP contribution in [0.1, 0.15) is 51.9 Å². The van der Waals surface area contributed by atoms with Crippen molar-refractivity contribution >= 4 is 0 Å². The van der Waals surface area contributed by atoms with Gasteiger partial charge in [-0.15, -0.1) is 6.58 Å². The Morgan fingerprint density at radius 3 is 2.50 bits per heavy atom. The fraction of sp³-hybridized carbons (Fsp3) is 0.857. The molecule has 80 valence electrons. The Morgan fingerprint density at radius 2 is 1.93 bits per heavy atom. The summed E-state index contributed by atoms with van der Waals surface area (Å²) in [5.74, 6) is 4.06.